The molecule has 5 rings (SSSR count). The monoisotopic (exact) mass is 377 g/mol. The quantitative estimate of drug-likeness (QED) is 0.591. The van der Waals surface area contributed by atoms with Gasteiger partial charge in [0.25, 0.3) is 5.91 Å². The van der Waals surface area contributed by atoms with Crippen molar-refractivity contribution in [1.82, 2.24) is 10.2 Å². The third-order valence-corrected chi connectivity index (χ3v) is 6.99. The van der Waals surface area contributed by atoms with Crippen LogP contribution < -0.4 is 5.32 Å². The van der Waals surface area contributed by atoms with Crippen LogP contribution in [0.5, 0.6) is 0 Å². The Balaban J connectivity index is 1.49. The van der Waals surface area contributed by atoms with Gasteiger partial charge in [-0.25, -0.2) is 0 Å². The first-order valence-corrected chi connectivity index (χ1v) is 10.7. The van der Waals surface area contributed by atoms with Crippen LogP contribution in [0.4, 0.5) is 0 Å². The summed E-state index contributed by atoms with van der Waals surface area (Å²) in [5, 5.41) is 13.3. The summed E-state index contributed by atoms with van der Waals surface area (Å²) in [5.41, 5.74) is 1.41. The van der Waals surface area contributed by atoms with E-state index in [4.69, 9.17) is 0 Å². The van der Waals surface area contributed by atoms with Crippen molar-refractivity contribution in [3.05, 3.63) is 47.7 Å². The van der Waals surface area contributed by atoms with Gasteiger partial charge >= 0.3 is 0 Å². The van der Waals surface area contributed by atoms with Gasteiger partial charge in [-0.1, -0.05) is 30.3 Å². The highest BCUT2D eigenvalue weighted by Crippen LogP contribution is 2.55. The zero-order valence-electron chi connectivity index (χ0n) is 17.0. The number of hydrogen-bond acceptors (Lipinski definition) is 3. The van der Waals surface area contributed by atoms with Crippen molar-refractivity contribution in [2.75, 3.05) is 0 Å². The number of nitrogens with one attached hydrogen (secondary N) is 1. The molecule has 1 aromatic rings. The molecule has 1 N–H and O–H groups in total. The predicted octanol–water partition coefficient (Wildman–Crippen LogP) is 4.39. The molecule has 4 nitrogen and oxygen atoms in total. The van der Waals surface area contributed by atoms with Gasteiger partial charge in [0.05, 0.1) is 0 Å². The van der Waals surface area contributed by atoms with E-state index in [1.54, 1.807) is 11.1 Å². The summed E-state index contributed by atoms with van der Waals surface area (Å²) in [7, 11) is 0. The van der Waals surface area contributed by atoms with Gasteiger partial charge in [-0.15, -0.1) is 0 Å². The van der Waals surface area contributed by atoms with Crippen LogP contribution in [0.15, 0.2) is 42.1 Å². The lowest BCUT2D eigenvalue weighted by molar-refractivity contribution is -0.129. The van der Waals surface area contributed by atoms with Crippen molar-refractivity contribution in [2.45, 2.75) is 70.5 Å². The second kappa shape index (κ2) is 7.62. The number of benzene rings is 1. The fourth-order valence-corrected chi connectivity index (χ4v) is 6.08. The van der Waals surface area contributed by atoms with Gasteiger partial charge in [-0.3, -0.25) is 4.79 Å². The second-order valence-electron chi connectivity index (χ2n) is 9.52. The maximum Gasteiger partial charge on any atom is 0.266 e. The zero-order valence-corrected chi connectivity index (χ0v) is 17.0. The van der Waals surface area contributed by atoms with Gasteiger partial charge in [0.15, 0.2) is 0 Å². The molecule has 4 fully saturated rings. The Hall–Kier alpha value is -2.28. The summed E-state index contributed by atoms with van der Waals surface area (Å²) >= 11 is 0. The molecular weight excluding hydrogens is 346 g/mol. The van der Waals surface area contributed by atoms with E-state index in [1.807, 2.05) is 44.2 Å². The van der Waals surface area contributed by atoms with E-state index >= 15 is 0 Å². The highest BCUT2D eigenvalue weighted by Gasteiger charge is 2.50. The molecule has 4 bridgehead atoms. The Morgan fingerprint density at radius 2 is 1.75 bits per heavy atom. The van der Waals surface area contributed by atoms with Crippen molar-refractivity contribution >= 4 is 5.91 Å². The predicted molar refractivity (Wildman–Crippen MR) is 110 cm³/mol. The Bertz CT molecular complexity index is 755. The van der Waals surface area contributed by atoms with Crippen LogP contribution in [0.2, 0.25) is 0 Å². The lowest BCUT2D eigenvalue weighted by Gasteiger charge is -2.57. The number of amides is 1. The van der Waals surface area contributed by atoms with E-state index in [0.717, 1.165) is 23.3 Å². The molecular formula is C24H31N3O. The summed E-state index contributed by atoms with van der Waals surface area (Å²) in [6.45, 7) is 4.53. The van der Waals surface area contributed by atoms with E-state index < -0.39 is 0 Å². The first kappa shape index (κ1) is 19.1. The van der Waals surface area contributed by atoms with Crippen molar-refractivity contribution in [3.63, 3.8) is 0 Å². The van der Waals surface area contributed by atoms with Crippen LogP contribution in [0, 0.1) is 29.1 Å². The molecule has 0 saturated heterocycles. The molecule has 4 saturated carbocycles. The molecule has 28 heavy (non-hydrogen) atoms. The van der Waals surface area contributed by atoms with Crippen molar-refractivity contribution in [2.24, 2.45) is 17.8 Å². The molecule has 1 aromatic carbocycles. The number of rotatable bonds is 6. The normalized spacial score (nSPS) is 30.9. The molecule has 0 aromatic heterocycles. The maximum atomic E-state index is 13.1. The summed E-state index contributed by atoms with van der Waals surface area (Å²) < 4.78 is 0. The molecule has 4 aliphatic carbocycles. The summed E-state index contributed by atoms with van der Waals surface area (Å²) in [4.78, 5) is 14.9. The van der Waals surface area contributed by atoms with Gasteiger partial charge in [0.2, 0.25) is 0 Å². The SMILES string of the molecule is CC(C)N(Cc1ccccc1)C(=O)/C(C#N)=C\NC12CC3CC(CC(C3)C1)C2. The molecule has 4 heteroatoms. The Morgan fingerprint density at radius 3 is 2.25 bits per heavy atom. The number of nitriles is 1. The molecule has 0 aliphatic heterocycles. The first-order chi connectivity index (χ1) is 13.5. The van der Waals surface area contributed by atoms with Gasteiger partial charge in [0.1, 0.15) is 11.6 Å². The lowest BCUT2D eigenvalue weighted by atomic mass is 9.53. The molecule has 4 aliphatic rings. The van der Waals surface area contributed by atoms with Crippen LogP contribution in [0.25, 0.3) is 0 Å². The third kappa shape index (κ3) is 3.81. The van der Waals surface area contributed by atoms with Gasteiger partial charge < -0.3 is 10.2 Å². The molecule has 148 valence electrons. The number of carbonyl (C=O) groups is 1. The van der Waals surface area contributed by atoms with E-state index in [0.29, 0.717) is 6.54 Å². The topological polar surface area (TPSA) is 56.1 Å². The fraction of sp³-hybridized carbons (Fsp3) is 0.583. The van der Waals surface area contributed by atoms with Crippen LogP contribution in [0.3, 0.4) is 0 Å². The number of hydrogen-bond donors (Lipinski definition) is 1. The number of carbonyl (C=O) groups excluding carboxylic acids is 1. The molecule has 0 atom stereocenters. The van der Waals surface area contributed by atoms with Crippen LogP contribution in [-0.2, 0) is 11.3 Å². The molecule has 0 unspecified atom stereocenters. The Labute approximate surface area is 168 Å². The lowest BCUT2D eigenvalue weighted by Crippen LogP contribution is -2.57. The highest BCUT2D eigenvalue weighted by atomic mass is 16.2. The summed E-state index contributed by atoms with van der Waals surface area (Å²) in [6, 6.07) is 12.2. The first-order valence-electron chi connectivity index (χ1n) is 10.7. The maximum absolute atomic E-state index is 13.1. The Kier molecular flexibility index (Phi) is 5.19. The van der Waals surface area contributed by atoms with Crippen molar-refractivity contribution in [3.8, 4) is 6.07 Å². The van der Waals surface area contributed by atoms with Crippen LogP contribution in [0.1, 0.15) is 57.9 Å². The highest BCUT2D eigenvalue weighted by molar-refractivity contribution is 5.97. The third-order valence-electron chi connectivity index (χ3n) is 6.99. The molecule has 1 amide bonds. The minimum absolute atomic E-state index is 0.0315. The largest absolute Gasteiger partial charge is 0.384 e. The minimum Gasteiger partial charge on any atom is -0.384 e. The van der Waals surface area contributed by atoms with E-state index in [-0.39, 0.29) is 23.1 Å². The van der Waals surface area contributed by atoms with E-state index in [1.165, 1.54) is 38.5 Å². The van der Waals surface area contributed by atoms with Gasteiger partial charge in [0, 0.05) is 24.3 Å². The smallest absolute Gasteiger partial charge is 0.266 e. The fourth-order valence-electron chi connectivity index (χ4n) is 6.08. The van der Waals surface area contributed by atoms with Crippen LogP contribution in [-0.4, -0.2) is 22.4 Å². The average Bonchev–Trinajstić information content (AvgIpc) is 2.66. The number of nitrogens with zero attached hydrogens (tertiary/aromatic N) is 2. The van der Waals surface area contributed by atoms with Gasteiger partial charge in [-0.2, -0.15) is 5.26 Å². The average molecular weight is 378 g/mol. The van der Waals surface area contributed by atoms with E-state index in [9.17, 15) is 10.1 Å². The van der Waals surface area contributed by atoms with Gasteiger partial charge in [-0.05, 0) is 75.7 Å². The van der Waals surface area contributed by atoms with Crippen molar-refractivity contribution in [1.29, 1.82) is 5.26 Å². The Morgan fingerprint density at radius 1 is 1.18 bits per heavy atom. The molecule has 0 spiro atoms. The second-order valence-corrected chi connectivity index (χ2v) is 9.52. The van der Waals surface area contributed by atoms with Crippen molar-refractivity contribution < 1.29 is 4.79 Å². The summed E-state index contributed by atoms with van der Waals surface area (Å²) in [5.74, 6) is 2.31. The molecule has 0 radical (unpaired) electrons. The van der Waals surface area contributed by atoms with E-state index in [2.05, 4.69) is 11.4 Å². The van der Waals surface area contributed by atoms with Crippen LogP contribution >= 0.6 is 0 Å². The zero-order chi connectivity index (χ0) is 19.7. The molecule has 0 heterocycles. The standard InChI is InChI=1S/C24H31N3O/c1-17(2)27(16-18-6-4-3-5-7-18)23(28)22(14-25)15-26-24-11-19-8-20(12-24)10-21(9-19)13-24/h3-7,15,17,19-21,26H,8-13,16H2,1-2H3/b22-15-. The minimum atomic E-state index is -0.182. The summed E-state index contributed by atoms with van der Waals surface area (Å²) in [6.07, 6.45) is 9.46.